The van der Waals surface area contributed by atoms with E-state index in [1.165, 1.54) is 12.3 Å². The van der Waals surface area contributed by atoms with Gasteiger partial charge in [0.1, 0.15) is 5.75 Å². The Morgan fingerprint density at radius 2 is 1.86 bits per heavy atom. The normalized spacial score (nSPS) is 10.5. The molecule has 4 nitrogen and oxygen atoms in total. The zero-order valence-corrected chi connectivity index (χ0v) is 12.5. The third-order valence-electron chi connectivity index (χ3n) is 2.67. The summed E-state index contributed by atoms with van der Waals surface area (Å²) in [7, 11) is 1.58. The van der Waals surface area contributed by atoms with Gasteiger partial charge in [0, 0.05) is 5.69 Å². The predicted octanol–water partition coefficient (Wildman–Crippen LogP) is 3.29. The average molecular weight is 321 g/mol. The van der Waals surface area contributed by atoms with Gasteiger partial charge in [-0.05, 0) is 54.2 Å². The standard InChI is InChI=1S/C15H13F2N3OS/c1-21-12-5-3-11(4-6-12)19-15(22)20-18-9-10-2-7-13(16)14(17)8-10/h2-9H,1H3,(H2,19,20,22)/b18-9-. The van der Waals surface area contributed by atoms with Crippen LogP contribution in [0.1, 0.15) is 5.56 Å². The van der Waals surface area contributed by atoms with Gasteiger partial charge in [0.05, 0.1) is 13.3 Å². The third kappa shape index (κ3) is 4.49. The van der Waals surface area contributed by atoms with E-state index < -0.39 is 11.6 Å². The van der Waals surface area contributed by atoms with Crippen molar-refractivity contribution in [1.29, 1.82) is 0 Å². The largest absolute Gasteiger partial charge is 0.497 e. The number of benzene rings is 2. The maximum Gasteiger partial charge on any atom is 0.191 e. The van der Waals surface area contributed by atoms with Crippen molar-refractivity contribution in [3.05, 3.63) is 59.7 Å². The van der Waals surface area contributed by atoms with Crippen LogP contribution in [0.4, 0.5) is 14.5 Å². The Hall–Kier alpha value is -2.54. The lowest BCUT2D eigenvalue weighted by Gasteiger charge is -2.07. The van der Waals surface area contributed by atoms with Crippen molar-refractivity contribution >= 4 is 29.2 Å². The molecule has 0 aliphatic carbocycles. The lowest BCUT2D eigenvalue weighted by Crippen LogP contribution is -2.23. The molecular formula is C15H13F2N3OS. The van der Waals surface area contributed by atoms with Gasteiger partial charge in [-0.15, -0.1) is 0 Å². The molecule has 2 rings (SSSR count). The summed E-state index contributed by atoms with van der Waals surface area (Å²) >= 11 is 5.06. The van der Waals surface area contributed by atoms with Gasteiger partial charge in [-0.25, -0.2) is 8.78 Å². The highest BCUT2D eigenvalue weighted by molar-refractivity contribution is 7.80. The van der Waals surface area contributed by atoms with E-state index in [4.69, 9.17) is 17.0 Å². The zero-order valence-electron chi connectivity index (χ0n) is 11.6. The van der Waals surface area contributed by atoms with E-state index in [0.717, 1.165) is 23.6 Å². The van der Waals surface area contributed by atoms with E-state index in [1.807, 2.05) is 0 Å². The number of anilines is 1. The number of nitrogens with zero attached hydrogens (tertiary/aromatic N) is 1. The number of hydrazone groups is 1. The van der Waals surface area contributed by atoms with Crippen LogP contribution in [0, 0.1) is 11.6 Å². The molecule has 0 saturated carbocycles. The topological polar surface area (TPSA) is 45.6 Å². The Bertz CT molecular complexity index is 690. The number of halogens is 2. The van der Waals surface area contributed by atoms with E-state index in [-0.39, 0.29) is 5.11 Å². The zero-order chi connectivity index (χ0) is 15.9. The summed E-state index contributed by atoms with van der Waals surface area (Å²) in [6, 6.07) is 10.7. The van der Waals surface area contributed by atoms with Gasteiger partial charge in [0.25, 0.3) is 0 Å². The van der Waals surface area contributed by atoms with Gasteiger partial charge in [-0.3, -0.25) is 5.43 Å². The monoisotopic (exact) mass is 321 g/mol. The van der Waals surface area contributed by atoms with Crippen LogP contribution in [0.2, 0.25) is 0 Å². The molecule has 0 atom stereocenters. The fourth-order valence-electron chi connectivity index (χ4n) is 1.59. The molecule has 0 bridgehead atoms. The molecule has 22 heavy (non-hydrogen) atoms. The molecule has 7 heteroatoms. The Kier molecular flexibility index (Phi) is 5.37. The van der Waals surface area contributed by atoms with Crippen LogP contribution in [-0.4, -0.2) is 18.4 Å². The van der Waals surface area contributed by atoms with Gasteiger partial charge in [0.2, 0.25) is 0 Å². The van der Waals surface area contributed by atoms with Crippen LogP contribution in [-0.2, 0) is 0 Å². The Morgan fingerprint density at radius 3 is 2.50 bits per heavy atom. The molecule has 0 radical (unpaired) electrons. The second-order valence-corrected chi connectivity index (χ2v) is 4.63. The molecule has 0 heterocycles. The Morgan fingerprint density at radius 1 is 1.14 bits per heavy atom. The maximum absolute atomic E-state index is 13.0. The van der Waals surface area contributed by atoms with Crippen molar-refractivity contribution < 1.29 is 13.5 Å². The van der Waals surface area contributed by atoms with Gasteiger partial charge >= 0.3 is 0 Å². The maximum atomic E-state index is 13.0. The lowest BCUT2D eigenvalue weighted by molar-refractivity contribution is 0.415. The molecule has 0 aliphatic rings. The van der Waals surface area contributed by atoms with Crippen LogP contribution >= 0.6 is 12.2 Å². The Labute approximate surface area is 131 Å². The van der Waals surface area contributed by atoms with Crippen molar-refractivity contribution in [1.82, 2.24) is 5.43 Å². The summed E-state index contributed by atoms with van der Waals surface area (Å²) in [4.78, 5) is 0. The first-order valence-electron chi connectivity index (χ1n) is 6.27. The molecule has 0 fully saturated rings. The molecule has 2 N–H and O–H groups in total. The summed E-state index contributed by atoms with van der Waals surface area (Å²) in [6.45, 7) is 0. The van der Waals surface area contributed by atoms with Crippen LogP contribution in [0.5, 0.6) is 5.75 Å². The second-order valence-electron chi connectivity index (χ2n) is 4.23. The van der Waals surface area contributed by atoms with Crippen LogP contribution in [0.3, 0.4) is 0 Å². The highest BCUT2D eigenvalue weighted by Crippen LogP contribution is 2.14. The lowest BCUT2D eigenvalue weighted by atomic mass is 10.2. The van der Waals surface area contributed by atoms with E-state index in [1.54, 1.807) is 31.4 Å². The minimum Gasteiger partial charge on any atom is -0.497 e. The van der Waals surface area contributed by atoms with Crippen LogP contribution < -0.4 is 15.5 Å². The van der Waals surface area contributed by atoms with Crippen LogP contribution in [0.25, 0.3) is 0 Å². The molecule has 0 spiro atoms. The van der Waals surface area contributed by atoms with Gasteiger partial charge in [0.15, 0.2) is 16.7 Å². The van der Waals surface area contributed by atoms with Gasteiger partial charge in [-0.2, -0.15) is 5.10 Å². The minimum absolute atomic E-state index is 0.268. The number of thiocarbonyl (C=S) groups is 1. The van der Waals surface area contributed by atoms with Crippen molar-refractivity contribution in [3.8, 4) is 5.75 Å². The Balaban J connectivity index is 1.88. The number of methoxy groups -OCH3 is 1. The van der Waals surface area contributed by atoms with Crippen molar-refractivity contribution in [3.63, 3.8) is 0 Å². The van der Waals surface area contributed by atoms with E-state index in [2.05, 4.69) is 15.8 Å². The fourth-order valence-corrected chi connectivity index (χ4v) is 1.76. The molecule has 0 unspecified atom stereocenters. The van der Waals surface area contributed by atoms with E-state index in [9.17, 15) is 8.78 Å². The first-order valence-corrected chi connectivity index (χ1v) is 6.68. The average Bonchev–Trinajstić information content (AvgIpc) is 2.51. The highest BCUT2D eigenvalue weighted by atomic mass is 32.1. The number of nitrogens with one attached hydrogen (secondary N) is 2. The number of ether oxygens (including phenoxy) is 1. The van der Waals surface area contributed by atoms with Crippen molar-refractivity contribution in [2.45, 2.75) is 0 Å². The smallest absolute Gasteiger partial charge is 0.191 e. The summed E-state index contributed by atoms with van der Waals surface area (Å²) in [5, 5.41) is 7.03. The second kappa shape index (κ2) is 7.46. The number of rotatable bonds is 4. The first-order chi connectivity index (χ1) is 10.6. The highest BCUT2D eigenvalue weighted by Gasteiger charge is 2.01. The third-order valence-corrected chi connectivity index (χ3v) is 2.86. The predicted molar refractivity (Wildman–Crippen MR) is 86.3 cm³/mol. The van der Waals surface area contributed by atoms with E-state index in [0.29, 0.717) is 5.56 Å². The summed E-state index contributed by atoms with van der Waals surface area (Å²) < 4.78 is 30.8. The molecule has 2 aromatic carbocycles. The SMILES string of the molecule is COc1ccc(NC(=S)N/N=C\c2ccc(F)c(F)c2)cc1. The molecule has 0 aromatic heterocycles. The molecule has 114 valence electrons. The molecule has 2 aromatic rings. The molecule has 0 amide bonds. The molecule has 0 aliphatic heterocycles. The first kappa shape index (κ1) is 15.8. The number of hydrogen-bond acceptors (Lipinski definition) is 3. The van der Waals surface area contributed by atoms with E-state index >= 15 is 0 Å². The quantitative estimate of drug-likeness (QED) is 0.515. The van der Waals surface area contributed by atoms with Crippen molar-refractivity contribution in [2.24, 2.45) is 5.10 Å². The summed E-state index contributed by atoms with van der Waals surface area (Å²) in [5.74, 6) is -1.09. The molecule has 0 saturated heterocycles. The summed E-state index contributed by atoms with van der Waals surface area (Å²) in [5.41, 5.74) is 3.77. The minimum atomic E-state index is -0.928. The van der Waals surface area contributed by atoms with Crippen molar-refractivity contribution in [2.75, 3.05) is 12.4 Å². The van der Waals surface area contributed by atoms with Gasteiger partial charge in [-0.1, -0.05) is 6.07 Å². The fraction of sp³-hybridized carbons (Fsp3) is 0.0667. The summed E-state index contributed by atoms with van der Waals surface area (Å²) in [6.07, 6.45) is 1.34. The van der Waals surface area contributed by atoms with Crippen LogP contribution in [0.15, 0.2) is 47.6 Å². The molecular weight excluding hydrogens is 308 g/mol. The number of hydrogen-bond donors (Lipinski definition) is 2. The van der Waals surface area contributed by atoms with Gasteiger partial charge < -0.3 is 10.1 Å².